The van der Waals surface area contributed by atoms with Crippen LogP contribution in [-0.4, -0.2) is 16.2 Å². The summed E-state index contributed by atoms with van der Waals surface area (Å²) in [5.74, 6) is -0.390. The van der Waals surface area contributed by atoms with Crippen LogP contribution in [-0.2, 0) is 0 Å². The van der Waals surface area contributed by atoms with Crippen molar-refractivity contribution >= 4 is 11.5 Å². The number of nitrogens with zero attached hydrogens (tertiary/aromatic N) is 1. The molecule has 0 heterocycles. The van der Waals surface area contributed by atoms with Crippen LogP contribution in [0.4, 0.5) is 5.69 Å². The molecule has 1 aromatic carbocycles. The molecule has 0 radical (unpaired) electrons. The third-order valence-corrected chi connectivity index (χ3v) is 2.12. The van der Waals surface area contributed by atoms with Gasteiger partial charge in [0.25, 0.3) is 5.69 Å². The standard InChI is InChI=1S/C13H16N2O3/c1-13(2,3)14-9-8-12(16)10-6-4-5-7-11(10)15(17)18/h4-9,14H,1-3H3/b9-8+. The molecule has 0 aromatic heterocycles. The molecule has 1 rings (SSSR count). The van der Waals surface area contributed by atoms with Gasteiger partial charge < -0.3 is 5.32 Å². The summed E-state index contributed by atoms with van der Waals surface area (Å²) in [6.07, 6.45) is 2.81. The Morgan fingerprint density at radius 1 is 1.33 bits per heavy atom. The number of benzene rings is 1. The van der Waals surface area contributed by atoms with E-state index in [4.69, 9.17) is 0 Å². The van der Waals surface area contributed by atoms with Gasteiger partial charge in [0.1, 0.15) is 0 Å². The van der Waals surface area contributed by atoms with Crippen molar-refractivity contribution in [3.8, 4) is 0 Å². The third-order valence-electron chi connectivity index (χ3n) is 2.12. The number of nitro benzene ring substituents is 1. The second-order valence-electron chi connectivity index (χ2n) is 4.87. The molecule has 5 nitrogen and oxygen atoms in total. The van der Waals surface area contributed by atoms with Gasteiger partial charge in [-0.05, 0) is 26.8 Å². The first-order valence-electron chi connectivity index (χ1n) is 5.53. The Morgan fingerprint density at radius 3 is 2.50 bits per heavy atom. The zero-order chi connectivity index (χ0) is 13.8. The largest absolute Gasteiger partial charge is 0.386 e. The maximum Gasteiger partial charge on any atom is 0.280 e. The number of nitro groups is 1. The molecule has 0 atom stereocenters. The van der Waals surface area contributed by atoms with E-state index >= 15 is 0 Å². The topological polar surface area (TPSA) is 72.2 Å². The van der Waals surface area contributed by atoms with E-state index in [0.29, 0.717) is 0 Å². The molecular formula is C13H16N2O3. The third kappa shape index (κ3) is 4.01. The predicted molar refractivity (Wildman–Crippen MR) is 69.5 cm³/mol. The Balaban J connectivity index is 2.88. The van der Waals surface area contributed by atoms with Crippen molar-refractivity contribution in [1.82, 2.24) is 5.32 Å². The summed E-state index contributed by atoms with van der Waals surface area (Å²) in [5.41, 5.74) is -0.239. The summed E-state index contributed by atoms with van der Waals surface area (Å²) in [6, 6.07) is 5.90. The van der Waals surface area contributed by atoms with Crippen molar-refractivity contribution in [2.24, 2.45) is 0 Å². The first kappa shape index (κ1) is 13.9. The van der Waals surface area contributed by atoms with E-state index in [2.05, 4.69) is 5.32 Å². The fraction of sp³-hybridized carbons (Fsp3) is 0.308. The van der Waals surface area contributed by atoms with Crippen LogP contribution in [0.2, 0.25) is 0 Å². The van der Waals surface area contributed by atoms with Crippen molar-refractivity contribution in [3.63, 3.8) is 0 Å². The smallest absolute Gasteiger partial charge is 0.280 e. The Bertz CT molecular complexity index is 487. The minimum Gasteiger partial charge on any atom is -0.386 e. The van der Waals surface area contributed by atoms with Gasteiger partial charge in [0, 0.05) is 23.9 Å². The van der Waals surface area contributed by atoms with Crippen molar-refractivity contribution in [1.29, 1.82) is 0 Å². The maximum atomic E-state index is 11.8. The molecule has 0 spiro atoms. The monoisotopic (exact) mass is 248 g/mol. The second kappa shape index (κ2) is 5.44. The van der Waals surface area contributed by atoms with E-state index in [-0.39, 0.29) is 22.6 Å². The average molecular weight is 248 g/mol. The molecule has 0 amide bonds. The number of carbonyl (C=O) groups excluding carboxylic acids is 1. The van der Waals surface area contributed by atoms with E-state index in [1.807, 2.05) is 20.8 Å². The van der Waals surface area contributed by atoms with Gasteiger partial charge in [0.05, 0.1) is 10.5 Å². The van der Waals surface area contributed by atoms with Crippen LogP contribution < -0.4 is 5.32 Å². The van der Waals surface area contributed by atoms with E-state index in [9.17, 15) is 14.9 Å². The van der Waals surface area contributed by atoms with Crippen LogP contribution in [0, 0.1) is 10.1 Å². The second-order valence-corrected chi connectivity index (χ2v) is 4.87. The molecule has 0 unspecified atom stereocenters. The minimum atomic E-state index is -0.557. The lowest BCUT2D eigenvalue weighted by Crippen LogP contribution is -2.31. The minimum absolute atomic E-state index is 0.0921. The van der Waals surface area contributed by atoms with E-state index in [1.54, 1.807) is 6.07 Å². The predicted octanol–water partition coefficient (Wildman–Crippen LogP) is 2.68. The van der Waals surface area contributed by atoms with Gasteiger partial charge in [-0.15, -0.1) is 0 Å². The molecular weight excluding hydrogens is 232 g/mol. The van der Waals surface area contributed by atoms with Gasteiger partial charge in [-0.3, -0.25) is 14.9 Å². The summed E-state index contributed by atoms with van der Waals surface area (Å²) < 4.78 is 0. The van der Waals surface area contributed by atoms with Gasteiger partial charge in [-0.25, -0.2) is 0 Å². The molecule has 0 saturated heterocycles. The Labute approximate surface area is 106 Å². The van der Waals surface area contributed by atoms with Gasteiger partial charge >= 0.3 is 0 Å². The normalized spacial score (nSPS) is 11.5. The molecule has 5 heteroatoms. The number of para-hydroxylation sites is 1. The van der Waals surface area contributed by atoms with Crippen LogP contribution in [0.1, 0.15) is 31.1 Å². The molecule has 0 aliphatic rings. The molecule has 0 fully saturated rings. The van der Waals surface area contributed by atoms with Gasteiger partial charge in [-0.1, -0.05) is 12.1 Å². The number of carbonyl (C=O) groups is 1. The molecule has 0 bridgehead atoms. The van der Waals surface area contributed by atoms with Crippen LogP contribution in [0.25, 0.3) is 0 Å². The summed E-state index contributed by atoms with van der Waals surface area (Å²) in [5, 5.41) is 13.8. The fourth-order valence-electron chi connectivity index (χ4n) is 1.30. The van der Waals surface area contributed by atoms with Crippen LogP contribution >= 0.6 is 0 Å². The maximum absolute atomic E-state index is 11.8. The first-order chi connectivity index (χ1) is 8.31. The molecule has 96 valence electrons. The number of hydrogen-bond acceptors (Lipinski definition) is 4. The Kier molecular flexibility index (Phi) is 4.20. The highest BCUT2D eigenvalue weighted by molar-refractivity contribution is 6.07. The lowest BCUT2D eigenvalue weighted by molar-refractivity contribution is -0.385. The van der Waals surface area contributed by atoms with Gasteiger partial charge in [-0.2, -0.15) is 0 Å². The van der Waals surface area contributed by atoms with Crippen molar-refractivity contribution < 1.29 is 9.72 Å². The number of rotatable bonds is 4. The van der Waals surface area contributed by atoms with Gasteiger partial charge in [0.2, 0.25) is 0 Å². The van der Waals surface area contributed by atoms with E-state index in [1.165, 1.54) is 30.5 Å². The SMILES string of the molecule is CC(C)(C)N/C=C/C(=O)c1ccccc1[N+](=O)[O-]. The van der Waals surface area contributed by atoms with E-state index < -0.39 is 4.92 Å². The Hall–Kier alpha value is -2.17. The highest BCUT2D eigenvalue weighted by Gasteiger charge is 2.17. The molecule has 1 aromatic rings. The average Bonchev–Trinajstić information content (AvgIpc) is 2.27. The number of hydrogen-bond donors (Lipinski definition) is 1. The van der Waals surface area contributed by atoms with Crippen molar-refractivity contribution in [3.05, 3.63) is 52.2 Å². The van der Waals surface area contributed by atoms with Crippen LogP contribution in [0.3, 0.4) is 0 Å². The van der Waals surface area contributed by atoms with Crippen molar-refractivity contribution in [2.45, 2.75) is 26.3 Å². The molecule has 0 aliphatic heterocycles. The summed E-state index contributed by atoms with van der Waals surface area (Å²) in [4.78, 5) is 22.0. The molecule has 0 saturated carbocycles. The number of ketones is 1. The lowest BCUT2D eigenvalue weighted by atomic mass is 10.1. The van der Waals surface area contributed by atoms with Gasteiger partial charge in [0.15, 0.2) is 5.78 Å². The highest BCUT2D eigenvalue weighted by atomic mass is 16.6. The molecule has 18 heavy (non-hydrogen) atoms. The summed E-state index contributed by atoms with van der Waals surface area (Å²) in [6.45, 7) is 5.85. The first-order valence-corrected chi connectivity index (χ1v) is 5.53. The number of nitrogens with one attached hydrogen (secondary N) is 1. The number of allylic oxidation sites excluding steroid dienone is 1. The zero-order valence-electron chi connectivity index (χ0n) is 10.6. The van der Waals surface area contributed by atoms with Crippen LogP contribution in [0.15, 0.2) is 36.5 Å². The van der Waals surface area contributed by atoms with Crippen molar-refractivity contribution in [2.75, 3.05) is 0 Å². The summed E-state index contributed by atoms with van der Waals surface area (Å²) in [7, 11) is 0. The quantitative estimate of drug-likeness (QED) is 0.385. The Morgan fingerprint density at radius 2 is 1.94 bits per heavy atom. The lowest BCUT2D eigenvalue weighted by Gasteiger charge is -2.18. The van der Waals surface area contributed by atoms with E-state index in [0.717, 1.165) is 0 Å². The highest BCUT2D eigenvalue weighted by Crippen LogP contribution is 2.18. The summed E-state index contributed by atoms with van der Waals surface area (Å²) >= 11 is 0. The molecule has 1 N–H and O–H groups in total. The fourth-order valence-corrected chi connectivity index (χ4v) is 1.30. The zero-order valence-corrected chi connectivity index (χ0v) is 10.6. The molecule has 0 aliphatic carbocycles. The van der Waals surface area contributed by atoms with Crippen LogP contribution in [0.5, 0.6) is 0 Å².